The second-order valence-corrected chi connectivity index (χ2v) is 5.92. The monoisotopic (exact) mass is 326 g/mol. The number of ether oxygens (including phenoxy) is 1. The minimum Gasteiger partial charge on any atom is -0.496 e. The molecule has 0 atom stereocenters. The highest BCUT2D eigenvalue weighted by Crippen LogP contribution is 2.20. The number of carbonyl (C=O) groups is 1. The number of methoxy groups -OCH3 is 1. The molecule has 1 saturated carbocycles. The van der Waals surface area contributed by atoms with Gasteiger partial charge in [0.15, 0.2) is 0 Å². The van der Waals surface area contributed by atoms with Gasteiger partial charge in [-0.3, -0.25) is 4.79 Å². The Kier molecular flexibility index (Phi) is 5.25. The van der Waals surface area contributed by atoms with Gasteiger partial charge in [0.05, 0.1) is 12.7 Å². The van der Waals surface area contributed by atoms with Crippen LogP contribution >= 0.6 is 0 Å². The van der Waals surface area contributed by atoms with Crippen LogP contribution in [0.1, 0.15) is 41.6 Å². The molecule has 1 heterocycles. The lowest BCUT2D eigenvalue weighted by Gasteiger charge is -2.12. The summed E-state index contributed by atoms with van der Waals surface area (Å²) in [5, 5.41) is 6.17. The van der Waals surface area contributed by atoms with E-state index in [1.807, 2.05) is 24.3 Å². The zero-order valence-corrected chi connectivity index (χ0v) is 13.8. The third kappa shape index (κ3) is 4.01. The van der Waals surface area contributed by atoms with Crippen molar-refractivity contribution in [3.8, 4) is 5.75 Å². The first-order valence-electron chi connectivity index (χ1n) is 8.25. The van der Waals surface area contributed by atoms with Gasteiger partial charge < -0.3 is 15.4 Å². The van der Waals surface area contributed by atoms with Gasteiger partial charge in [-0.25, -0.2) is 9.97 Å². The quantitative estimate of drug-likeness (QED) is 0.853. The number of benzene rings is 1. The molecule has 0 radical (unpaired) electrons. The third-order valence-electron chi connectivity index (χ3n) is 4.23. The number of rotatable bonds is 6. The van der Waals surface area contributed by atoms with Gasteiger partial charge in [0.25, 0.3) is 5.91 Å². The zero-order chi connectivity index (χ0) is 16.8. The van der Waals surface area contributed by atoms with Gasteiger partial charge in [-0.1, -0.05) is 31.0 Å². The van der Waals surface area contributed by atoms with Crippen LogP contribution in [0.2, 0.25) is 0 Å². The van der Waals surface area contributed by atoms with Crippen molar-refractivity contribution in [1.82, 2.24) is 15.3 Å². The molecule has 2 N–H and O–H groups in total. The lowest BCUT2D eigenvalue weighted by Crippen LogP contribution is -2.24. The molecule has 1 aliphatic rings. The molecule has 1 aromatic heterocycles. The molecular formula is C18H22N4O2. The smallest absolute Gasteiger partial charge is 0.254 e. The predicted octanol–water partition coefficient (Wildman–Crippen LogP) is 2.77. The van der Waals surface area contributed by atoms with E-state index >= 15 is 0 Å². The molecule has 2 aromatic rings. The van der Waals surface area contributed by atoms with Crippen molar-refractivity contribution in [3.05, 3.63) is 47.8 Å². The van der Waals surface area contributed by atoms with E-state index in [-0.39, 0.29) is 5.91 Å². The first-order valence-corrected chi connectivity index (χ1v) is 8.25. The van der Waals surface area contributed by atoms with E-state index in [1.54, 1.807) is 19.5 Å². The van der Waals surface area contributed by atoms with Crippen LogP contribution in [0.5, 0.6) is 5.75 Å². The average Bonchev–Trinajstić information content (AvgIpc) is 3.13. The van der Waals surface area contributed by atoms with Crippen LogP contribution in [0, 0.1) is 0 Å². The van der Waals surface area contributed by atoms with Gasteiger partial charge in [-0.2, -0.15) is 0 Å². The van der Waals surface area contributed by atoms with Crippen LogP contribution in [0.25, 0.3) is 0 Å². The predicted molar refractivity (Wildman–Crippen MR) is 92.1 cm³/mol. The largest absolute Gasteiger partial charge is 0.496 e. The summed E-state index contributed by atoms with van der Waals surface area (Å²) in [5.41, 5.74) is 1.37. The molecule has 126 valence electrons. The van der Waals surface area contributed by atoms with Gasteiger partial charge in [-0.15, -0.1) is 0 Å². The molecule has 6 heteroatoms. The van der Waals surface area contributed by atoms with Crippen molar-refractivity contribution in [1.29, 1.82) is 0 Å². The van der Waals surface area contributed by atoms with Crippen molar-refractivity contribution < 1.29 is 9.53 Å². The molecule has 0 saturated heterocycles. The van der Waals surface area contributed by atoms with E-state index in [9.17, 15) is 4.79 Å². The molecule has 6 nitrogen and oxygen atoms in total. The number of nitrogens with zero attached hydrogens (tertiary/aromatic N) is 2. The maximum Gasteiger partial charge on any atom is 0.254 e. The van der Waals surface area contributed by atoms with Crippen LogP contribution in [-0.2, 0) is 6.54 Å². The van der Waals surface area contributed by atoms with Crippen LogP contribution in [0.15, 0.2) is 36.7 Å². The van der Waals surface area contributed by atoms with Gasteiger partial charge in [0.2, 0.25) is 5.95 Å². The van der Waals surface area contributed by atoms with Gasteiger partial charge in [-0.05, 0) is 18.9 Å². The van der Waals surface area contributed by atoms with Crippen molar-refractivity contribution in [2.24, 2.45) is 0 Å². The normalized spacial score (nSPS) is 14.4. The lowest BCUT2D eigenvalue weighted by molar-refractivity contribution is 0.0950. The van der Waals surface area contributed by atoms with Crippen molar-refractivity contribution in [2.45, 2.75) is 38.3 Å². The van der Waals surface area contributed by atoms with E-state index in [1.165, 1.54) is 12.8 Å². The number of para-hydroxylation sites is 1. The fourth-order valence-electron chi connectivity index (χ4n) is 2.90. The van der Waals surface area contributed by atoms with E-state index in [2.05, 4.69) is 20.6 Å². The summed E-state index contributed by atoms with van der Waals surface area (Å²) in [6.07, 6.45) is 7.93. The number of hydrogen-bond acceptors (Lipinski definition) is 5. The molecule has 1 fully saturated rings. The van der Waals surface area contributed by atoms with E-state index < -0.39 is 0 Å². The molecule has 0 bridgehead atoms. The van der Waals surface area contributed by atoms with E-state index in [0.29, 0.717) is 24.1 Å². The Hall–Kier alpha value is -2.63. The van der Waals surface area contributed by atoms with Crippen LogP contribution in [0.3, 0.4) is 0 Å². The minimum atomic E-state index is -0.201. The molecule has 1 aromatic carbocycles. The molecule has 0 unspecified atom stereocenters. The van der Waals surface area contributed by atoms with Crippen LogP contribution in [0.4, 0.5) is 5.95 Å². The highest BCUT2D eigenvalue weighted by Gasteiger charge is 2.16. The Morgan fingerprint density at radius 3 is 2.62 bits per heavy atom. The summed E-state index contributed by atoms with van der Waals surface area (Å²) in [4.78, 5) is 20.7. The molecule has 1 aliphatic carbocycles. The summed E-state index contributed by atoms with van der Waals surface area (Å²) in [5.74, 6) is 1.14. The van der Waals surface area contributed by atoms with Gasteiger partial charge in [0.1, 0.15) is 5.75 Å². The second kappa shape index (κ2) is 7.77. The van der Waals surface area contributed by atoms with E-state index in [4.69, 9.17) is 4.74 Å². The lowest BCUT2D eigenvalue weighted by atomic mass is 10.2. The summed E-state index contributed by atoms with van der Waals surface area (Å²) >= 11 is 0. The Morgan fingerprint density at radius 2 is 1.92 bits per heavy atom. The Balaban J connectivity index is 1.56. The maximum absolute atomic E-state index is 12.2. The Labute approximate surface area is 141 Å². The van der Waals surface area contributed by atoms with E-state index in [0.717, 1.165) is 24.2 Å². The number of amides is 1. The number of hydrogen-bond donors (Lipinski definition) is 2. The van der Waals surface area contributed by atoms with Crippen molar-refractivity contribution in [3.63, 3.8) is 0 Å². The third-order valence-corrected chi connectivity index (χ3v) is 4.23. The van der Waals surface area contributed by atoms with Crippen molar-refractivity contribution in [2.75, 3.05) is 12.4 Å². The first kappa shape index (κ1) is 16.2. The molecule has 3 rings (SSSR count). The minimum absolute atomic E-state index is 0.201. The summed E-state index contributed by atoms with van der Waals surface area (Å²) in [6.45, 7) is 0.394. The molecule has 24 heavy (non-hydrogen) atoms. The SMILES string of the molecule is COc1ccccc1CNC(=O)c1cnc(NC2CCCC2)nc1. The molecular weight excluding hydrogens is 304 g/mol. The molecule has 0 spiro atoms. The van der Waals surface area contributed by atoms with Crippen LogP contribution in [-0.4, -0.2) is 29.0 Å². The second-order valence-electron chi connectivity index (χ2n) is 5.92. The summed E-state index contributed by atoms with van der Waals surface area (Å²) in [7, 11) is 1.62. The van der Waals surface area contributed by atoms with Crippen LogP contribution < -0.4 is 15.4 Å². The zero-order valence-electron chi connectivity index (χ0n) is 13.8. The highest BCUT2D eigenvalue weighted by molar-refractivity contribution is 5.93. The fourth-order valence-corrected chi connectivity index (χ4v) is 2.90. The highest BCUT2D eigenvalue weighted by atomic mass is 16.5. The van der Waals surface area contributed by atoms with Gasteiger partial charge in [0, 0.05) is 30.5 Å². The number of anilines is 1. The molecule has 0 aliphatic heterocycles. The number of aromatic nitrogens is 2. The number of nitrogens with one attached hydrogen (secondary N) is 2. The fraction of sp³-hybridized carbons (Fsp3) is 0.389. The van der Waals surface area contributed by atoms with Crippen molar-refractivity contribution >= 4 is 11.9 Å². The molecule has 1 amide bonds. The average molecular weight is 326 g/mol. The summed E-state index contributed by atoms with van der Waals surface area (Å²) in [6, 6.07) is 8.05. The topological polar surface area (TPSA) is 76.1 Å². The maximum atomic E-state index is 12.2. The number of carbonyl (C=O) groups excluding carboxylic acids is 1. The Bertz CT molecular complexity index is 682. The first-order chi connectivity index (χ1) is 11.8. The summed E-state index contributed by atoms with van der Waals surface area (Å²) < 4.78 is 5.28. The van der Waals surface area contributed by atoms with Gasteiger partial charge >= 0.3 is 0 Å². The Morgan fingerprint density at radius 1 is 1.21 bits per heavy atom. The standard InChI is InChI=1S/C18H22N4O2/c1-24-16-9-5-2-6-13(16)10-19-17(23)14-11-20-18(21-12-14)22-15-7-3-4-8-15/h2,5-6,9,11-12,15H,3-4,7-8,10H2,1H3,(H,19,23)(H,20,21,22).